The van der Waals surface area contributed by atoms with Crippen LogP contribution in [0.15, 0.2) is 42.5 Å². The number of rotatable bonds is 7. The zero-order chi connectivity index (χ0) is 19.1. The van der Waals surface area contributed by atoms with Gasteiger partial charge in [0.15, 0.2) is 0 Å². The first kappa shape index (κ1) is 18.5. The van der Waals surface area contributed by atoms with E-state index < -0.39 is 11.3 Å². The average Bonchev–Trinajstić information content (AvgIpc) is 3.04. The van der Waals surface area contributed by atoms with Crippen LogP contribution in [0.2, 0.25) is 0 Å². The summed E-state index contributed by atoms with van der Waals surface area (Å²) in [6, 6.07) is 14.6. The first-order chi connectivity index (χ1) is 13.0. The molecule has 2 unspecified atom stereocenters. The molecule has 1 aliphatic heterocycles. The number of ether oxygens (including phenoxy) is 1. The van der Waals surface area contributed by atoms with E-state index in [1.165, 1.54) is 30.4 Å². The van der Waals surface area contributed by atoms with Crippen molar-refractivity contribution in [2.45, 2.75) is 70.1 Å². The Balaban J connectivity index is 1.72. The Kier molecular flexibility index (Phi) is 4.77. The van der Waals surface area contributed by atoms with Crippen LogP contribution in [0.4, 0.5) is 0 Å². The van der Waals surface area contributed by atoms with Crippen molar-refractivity contribution in [1.82, 2.24) is 5.32 Å². The van der Waals surface area contributed by atoms with Crippen LogP contribution in [-0.2, 0) is 17.7 Å². The number of nitrogens with one attached hydrogen (secondary N) is 1. The first-order valence-corrected chi connectivity index (χ1v) is 10.4. The van der Waals surface area contributed by atoms with Crippen LogP contribution in [0, 0.1) is 0 Å². The summed E-state index contributed by atoms with van der Waals surface area (Å²) in [5.74, 6) is -0.0924. The van der Waals surface area contributed by atoms with Crippen molar-refractivity contribution in [3.63, 3.8) is 0 Å². The minimum absolute atomic E-state index is 0.430. The predicted molar refractivity (Wildman–Crippen MR) is 109 cm³/mol. The molecule has 0 amide bonds. The van der Waals surface area contributed by atoms with Crippen LogP contribution >= 0.6 is 0 Å². The average molecular weight is 366 g/mol. The van der Waals surface area contributed by atoms with E-state index in [0.717, 1.165) is 36.3 Å². The van der Waals surface area contributed by atoms with Gasteiger partial charge in [0.05, 0.1) is 0 Å². The van der Waals surface area contributed by atoms with Crippen LogP contribution in [-0.4, -0.2) is 11.7 Å². The van der Waals surface area contributed by atoms with Gasteiger partial charge in [-0.25, -0.2) is 0 Å². The summed E-state index contributed by atoms with van der Waals surface area (Å²) in [4.78, 5) is 0. The topological polar surface area (TPSA) is 41.5 Å². The molecule has 0 aromatic heterocycles. The molecule has 0 bridgehead atoms. The minimum Gasteiger partial charge on any atom is -0.455 e. The minimum atomic E-state index is -1.34. The van der Waals surface area contributed by atoms with Gasteiger partial charge in [-0.05, 0) is 36.1 Å². The second-order valence-corrected chi connectivity index (χ2v) is 8.38. The monoisotopic (exact) mass is 365 g/mol. The highest BCUT2D eigenvalue weighted by Gasteiger charge is 2.65. The lowest BCUT2D eigenvalue weighted by molar-refractivity contribution is -0.182. The van der Waals surface area contributed by atoms with Crippen molar-refractivity contribution in [1.29, 1.82) is 0 Å². The van der Waals surface area contributed by atoms with E-state index >= 15 is 0 Å². The van der Waals surface area contributed by atoms with Crippen molar-refractivity contribution in [2.75, 3.05) is 6.54 Å². The molecule has 4 rings (SSSR count). The molecule has 27 heavy (non-hydrogen) atoms. The SMILES string of the molecule is CCCCCCNC12Cc3ccccc3C1(O)Oc1cc(C(C)C)ccc12. The maximum atomic E-state index is 11.8. The molecule has 0 radical (unpaired) electrons. The van der Waals surface area contributed by atoms with E-state index in [0.29, 0.717) is 5.92 Å². The Bertz CT molecular complexity index is 831. The normalized spacial score (nSPS) is 25.2. The van der Waals surface area contributed by atoms with Crippen LogP contribution in [0.1, 0.15) is 74.6 Å². The van der Waals surface area contributed by atoms with Crippen LogP contribution in [0.5, 0.6) is 5.75 Å². The number of hydrogen-bond donors (Lipinski definition) is 2. The standard InChI is InChI=1S/C24H31NO2/c1-4-5-6-9-14-25-23-16-19-10-7-8-11-20(19)24(23,26)27-22-15-18(17(2)3)12-13-21(22)23/h7-8,10-13,15,17,25-26H,4-6,9,14,16H2,1-3H3. The summed E-state index contributed by atoms with van der Waals surface area (Å²) in [5.41, 5.74) is 3.78. The lowest BCUT2D eigenvalue weighted by Crippen LogP contribution is -2.55. The Labute approximate surface area is 162 Å². The molecule has 2 atom stereocenters. The van der Waals surface area contributed by atoms with E-state index in [4.69, 9.17) is 4.74 Å². The molecule has 0 saturated heterocycles. The Hall–Kier alpha value is -1.84. The fourth-order valence-electron chi connectivity index (χ4n) is 4.69. The van der Waals surface area contributed by atoms with Crippen LogP contribution in [0.3, 0.4) is 0 Å². The van der Waals surface area contributed by atoms with Crippen molar-refractivity contribution >= 4 is 0 Å². The predicted octanol–water partition coefficient (Wildman–Crippen LogP) is 4.97. The largest absolute Gasteiger partial charge is 0.455 e. The molecule has 0 spiro atoms. The molecule has 1 heterocycles. The van der Waals surface area contributed by atoms with Gasteiger partial charge < -0.3 is 15.2 Å². The summed E-state index contributed by atoms with van der Waals surface area (Å²) in [6.45, 7) is 7.48. The number of unbranched alkanes of at least 4 members (excludes halogenated alkanes) is 3. The molecule has 0 fully saturated rings. The second kappa shape index (κ2) is 6.96. The smallest absolute Gasteiger partial charge is 0.258 e. The third kappa shape index (κ3) is 2.79. The Morgan fingerprint density at radius 1 is 1.07 bits per heavy atom. The zero-order valence-corrected chi connectivity index (χ0v) is 16.7. The highest BCUT2D eigenvalue weighted by atomic mass is 16.6. The van der Waals surface area contributed by atoms with E-state index in [1.807, 2.05) is 18.2 Å². The lowest BCUT2D eigenvalue weighted by Gasteiger charge is -2.36. The lowest BCUT2D eigenvalue weighted by atomic mass is 9.83. The van der Waals surface area contributed by atoms with E-state index in [9.17, 15) is 5.11 Å². The van der Waals surface area contributed by atoms with Gasteiger partial charge in [-0.15, -0.1) is 0 Å². The fraction of sp³-hybridized carbons (Fsp3) is 0.500. The maximum absolute atomic E-state index is 11.8. The molecule has 144 valence electrons. The van der Waals surface area contributed by atoms with Crippen molar-refractivity contribution in [3.8, 4) is 5.75 Å². The van der Waals surface area contributed by atoms with E-state index in [2.05, 4.69) is 50.4 Å². The second-order valence-electron chi connectivity index (χ2n) is 8.38. The van der Waals surface area contributed by atoms with Crippen LogP contribution in [0.25, 0.3) is 0 Å². The molecule has 3 heteroatoms. The van der Waals surface area contributed by atoms with Gasteiger partial charge in [0.2, 0.25) is 0 Å². The number of hydrogen-bond acceptors (Lipinski definition) is 3. The van der Waals surface area contributed by atoms with Crippen molar-refractivity contribution < 1.29 is 9.84 Å². The highest BCUT2D eigenvalue weighted by molar-refractivity contribution is 5.56. The molecule has 0 saturated carbocycles. The summed E-state index contributed by atoms with van der Waals surface area (Å²) in [6.07, 6.45) is 5.56. The Morgan fingerprint density at radius 2 is 1.89 bits per heavy atom. The fourth-order valence-corrected chi connectivity index (χ4v) is 4.69. The summed E-state index contributed by atoms with van der Waals surface area (Å²) >= 11 is 0. The van der Waals surface area contributed by atoms with Crippen LogP contribution < -0.4 is 10.1 Å². The van der Waals surface area contributed by atoms with Gasteiger partial charge in [-0.3, -0.25) is 0 Å². The van der Waals surface area contributed by atoms with Gasteiger partial charge in [-0.2, -0.15) is 0 Å². The molecular formula is C24H31NO2. The number of fused-ring (bicyclic) bond motifs is 5. The third-order valence-electron chi connectivity index (χ3n) is 6.26. The van der Waals surface area contributed by atoms with Crippen molar-refractivity contribution in [3.05, 3.63) is 64.7 Å². The number of aliphatic hydroxyl groups is 1. The first-order valence-electron chi connectivity index (χ1n) is 10.4. The number of benzene rings is 2. The van der Waals surface area contributed by atoms with Gasteiger partial charge in [0.25, 0.3) is 5.79 Å². The van der Waals surface area contributed by atoms with Gasteiger partial charge in [0, 0.05) is 17.5 Å². The molecule has 3 nitrogen and oxygen atoms in total. The summed E-state index contributed by atoms with van der Waals surface area (Å²) in [7, 11) is 0. The van der Waals surface area contributed by atoms with E-state index in [-0.39, 0.29) is 0 Å². The molecule has 1 aliphatic carbocycles. The molecule has 2 aromatic carbocycles. The summed E-state index contributed by atoms with van der Waals surface area (Å²) in [5, 5.41) is 15.5. The van der Waals surface area contributed by atoms with Crippen molar-refractivity contribution in [2.24, 2.45) is 0 Å². The van der Waals surface area contributed by atoms with Gasteiger partial charge in [-0.1, -0.05) is 76.4 Å². The quantitative estimate of drug-likeness (QED) is 0.681. The van der Waals surface area contributed by atoms with E-state index in [1.54, 1.807) is 0 Å². The zero-order valence-electron chi connectivity index (χ0n) is 16.7. The summed E-state index contributed by atoms with van der Waals surface area (Å²) < 4.78 is 6.31. The molecule has 2 aromatic rings. The third-order valence-corrected chi connectivity index (χ3v) is 6.26. The molecular weight excluding hydrogens is 334 g/mol. The van der Waals surface area contributed by atoms with Gasteiger partial charge in [0.1, 0.15) is 11.3 Å². The maximum Gasteiger partial charge on any atom is 0.258 e. The Morgan fingerprint density at radius 3 is 2.67 bits per heavy atom. The molecule has 2 N–H and O–H groups in total. The molecule has 2 aliphatic rings. The van der Waals surface area contributed by atoms with Gasteiger partial charge >= 0.3 is 0 Å². The highest BCUT2D eigenvalue weighted by Crippen LogP contribution is 2.58.